The van der Waals surface area contributed by atoms with Crippen LogP contribution in [-0.2, 0) is 9.53 Å². The number of carbonyl (C=O) groups is 2. The third kappa shape index (κ3) is 3.85. The predicted molar refractivity (Wildman–Crippen MR) is 95.9 cm³/mol. The van der Waals surface area contributed by atoms with Crippen LogP contribution in [0, 0.1) is 6.92 Å². The van der Waals surface area contributed by atoms with Crippen molar-refractivity contribution >= 4 is 22.8 Å². The van der Waals surface area contributed by atoms with E-state index in [2.05, 4.69) is 5.32 Å². The lowest BCUT2D eigenvalue weighted by Crippen LogP contribution is -2.31. The van der Waals surface area contributed by atoms with Crippen LogP contribution in [-0.4, -0.2) is 23.6 Å². The first kappa shape index (κ1) is 17.5. The topological polar surface area (TPSA) is 88.8 Å². The normalized spacial score (nSPS) is 11.9. The minimum atomic E-state index is -0.752. The number of esters is 1. The molecular weight excluding hydrogens is 334 g/mol. The molecule has 0 aliphatic rings. The Balaban J connectivity index is 1.58. The van der Waals surface area contributed by atoms with E-state index in [-0.39, 0.29) is 17.4 Å². The number of furan rings is 1. The lowest BCUT2D eigenvalue weighted by atomic mass is 10.1. The van der Waals surface area contributed by atoms with E-state index in [1.165, 1.54) is 12.1 Å². The summed E-state index contributed by atoms with van der Waals surface area (Å²) < 4.78 is 10.7. The number of carbonyl (C=O) groups excluding carboxylic acids is 2. The number of aryl methyl sites for hydroxylation is 1. The fourth-order valence-electron chi connectivity index (χ4n) is 2.59. The molecule has 0 aliphatic heterocycles. The first-order chi connectivity index (χ1) is 12.4. The number of hydrogen-bond donors (Lipinski definition) is 2. The van der Waals surface area contributed by atoms with Gasteiger partial charge in [-0.3, -0.25) is 4.79 Å². The molecule has 0 unspecified atom stereocenters. The van der Waals surface area contributed by atoms with Gasteiger partial charge in [-0.05, 0) is 38.1 Å². The van der Waals surface area contributed by atoms with Gasteiger partial charge in [0.2, 0.25) is 0 Å². The van der Waals surface area contributed by atoms with Crippen LogP contribution in [0.4, 0.5) is 0 Å². The fraction of sp³-hybridized carbons (Fsp3) is 0.200. The van der Waals surface area contributed by atoms with Crippen molar-refractivity contribution in [3.8, 4) is 5.75 Å². The van der Waals surface area contributed by atoms with Crippen LogP contribution in [0.2, 0.25) is 0 Å². The van der Waals surface area contributed by atoms with Crippen molar-refractivity contribution < 1.29 is 23.8 Å². The van der Waals surface area contributed by atoms with E-state index in [0.29, 0.717) is 5.76 Å². The maximum absolute atomic E-state index is 12.0. The molecule has 1 aromatic heterocycles. The molecule has 1 heterocycles. The Hall–Kier alpha value is -3.28. The maximum Gasteiger partial charge on any atom is 0.342 e. The molecule has 1 atom stereocenters. The summed E-state index contributed by atoms with van der Waals surface area (Å²) >= 11 is 0. The van der Waals surface area contributed by atoms with Crippen molar-refractivity contribution in [3.63, 3.8) is 0 Å². The van der Waals surface area contributed by atoms with E-state index in [0.717, 1.165) is 16.5 Å². The van der Waals surface area contributed by atoms with Gasteiger partial charge in [-0.2, -0.15) is 0 Å². The SMILES string of the molecule is Cc1ccc(O)c(C(=O)OCC(=O)N[C@@H](C)c2cc3ccccc3o2)c1. The van der Waals surface area contributed by atoms with Gasteiger partial charge < -0.3 is 19.6 Å². The molecule has 6 heteroatoms. The molecule has 1 amide bonds. The third-order valence-electron chi connectivity index (χ3n) is 3.96. The van der Waals surface area contributed by atoms with Gasteiger partial charge in [-0.25, -0.2) is 4.79 Å². The summed E-state index contributed by atoms with van der Waals surface area (Å²) in [5.74, 6) is -0.782. The molecule has 0 aliphatic carbocycles. The van der Waals surface area contributed by atoms with Gasteiger partial charge in [0.05, 0.1) is 6.04 Å². The number of fused-ring (bicyclic) bond motifs is 1. The monoisotopic (exact) mass is 353 g/mol. The Kier molecular flexibility index (Phi) is 4.93. The van der Waals surface area contributed by atoms with Gasteiger partial charge in [-0.1, -0.05) is 29.8 Å². The molecule has 0 saturated heterocycles. The zero-order chi connectivity index (χ0) is 18.7. The van der Waals surface area contributed by atoms with Crippen LogP contribution in [0.3, 0.4) is 0 Å². The molecule has 0 saturated carbocycles. The summed E-state index contributed by atoms with van der Waals surface area (Å²) in [6, 6.07) is 13.6. The minimum Gasteiger partial charge on any atom is -0.507 e. The van der Waals surface area contributed by atoms with Crippen LogP contribution in [0.15, 0.2) is 52.9 Å². The number of aromatic hydroxyl groups is 1. The van der Waals surface area contributed by atoms with Gasteiger partial charge in [-0.15, -0.1) is 0 Å². The second-order valence-electron chi connectivity index (χ2n) is 6.07. The zero-order valence-electron chi connectivity index (χ0n) is 14.5. The second-order valence-corrected chi connectivity index (χ2v) is 6.07. The van der Waals surface area contributed by atoms with E-state index in [1.807, 2.05) is 30.3 Å². The van der Waals surface area contributed by atoms with Crippen LogP contribution in [0.1, 0.15) is 34.6 Å². The van der Waals surface area contributed by atoms with Crippen LogP contribution in [0.5, 0.6) is 5.75 Å². The standard InChI is InChI=1S/C20H19NO5/c1-12-7-8-16(22)15(9-12)20(24)25-11-19(23)21-13(2)18-10-14-5-3-4-6-17(14)26-18/h3-10,13,22H,11H2,1-2H3,(H,21,23)/t13-/m0/s1. The Morgan fingerprint density at radius 2 is 1.96 bits per heavy atom. The second kappa shape index (κ2) is 7.31. The summed E-state index contributed by atoms with van der Waals surface area (Å²) in [5, 5.41) is 13.4. The summed E-state index contributed by atoms with van der Waals surface area (Å²) in [6.07, 6.45) is 0. The number of rotatable bonds is 5. The molecule has 0 bridgehead atoms. The highest BCUT2D eigenvalue weighted by Gasteiger charge is 2.17. The highest BCUT2D eigenvalue weighted by atomic mass is 16.5. The Bertz CT molecular complexity index is 927. The smallest absolute Gasteiger partial charge is 0.342 e. The molecule has 2 aromatic carbocycles. The largest absolute Gasteiger partial charge is 0.507 e. The van der Waals surface area contributed by atoms with E-state index in [4.69, 9.17) is 9.15 Å². The molecule has 6 nitrogen and oxygen atoms in total. The molecule has 2 N–H and O–H groups in total. The van der Waals surface area contributed by atoms with Crippen molar-refractivity contribution in [3.05, 3.63) is 65.4 Å². The van der Waals surface area contributed by atoms with Crippen molar-refractivity contribution in [2.75, 3.05) is 6.61 Å². The van der Waals surface area contributed by atoms with E-state index in [9.17, 15) is 14.7 Å². The average Bonchev–Trinajstić information content (AvgIpc) is 3.06. The highest BCUT2D eigenvalue weighted by molar-refractivity contribution is 5.94. The molecule has 0 fully saturated rings. The van der Waals surface area contributed by atoms with Gasteiger partial charge in [0.25, 0.3) is 5.91 Å². The lowest BCUT2D eigenvalue weighted by Gasteiger charge is -2.12. The molecular formula is C20H19NO5. The van der Waals surface area contributed by atoms with Gasteiger partial charge in [0.1, 0.15) is 22.7 Å². The number of ether oxygens (including phenoxy) is 1. The van der Waals surface area contributed by atoms with Gasteiger partial charge in [0.15, 0.2) is 6.61 Å². The van der Waals surface area contributed by atoms with E-state index >= 15 is 0 Å². The number of benzene rings is 2. The molecule has 26 heavy (non-hydrogen) atoms. The number of phenols is 1. The first-order valence-corrected chi connectivity index (χ1v) is 8.18. The highest BCUT2D eigenvalue weighted by Crippen LogP contribution is 2.23. The predicted octanol–water partition coefficient (Wildman–Crippen LogP) is 3.48. The number of para-hydroxylation sites is 1. The molecule has 0 radical (unpaired) electrons. The summed E-state index contributed by atoms with van der Waals surface area (Å²) in [7, 11) is 0. The molecule has 0 spiro atoms. The van der Waals surface area contributed by atoms with E-state index in [1.54, 1.807) is 19.9 Å². The lowest BCUT2D eigenvalue weighted by molar-refractivity contribution is -0.125. The van der Waals surface area contributed by atoms with Crippen molar-refractivity contribution in [1.29, 1.82) is 0 Å². The number of amides is 1. The summed E-state index contributed by atoms with van der Waals surface area (Å²) in [5.41, 5.74) is 1.57. The Morgan fingerprint density at radius 1 is 1.19 bits per heavy atom. The summed E-state index contributed by atoms with van der Waals surface area (Å²) in [4.78, 5) is 24.1. The van der Waals surface area contributed by atoms with Crippen LogP contribution in [0.25, 0.3) is 11.0 Å². The van der Waals surface area contributed by atoms with Gasteiger partial charge >= 0.3 is 5.97 Å². The van der Waals surface area contributed by atoms with Crippen molar-refractivity contribution in [2.45, 2.75) is 19.9 Å². The maximum atomic E-state index is 12.0. The number of hydrogen-bond acceptors (Lipinski definition) is 5. The Morgan fingerprint density at radius 3 is 2.73 bits per heavy atom. The zero-order valence-corrected chi connectivity index (χ0v) is 14.5. The molecule has 134 valence electrons. The minimum absolute atomic E-state index is 0.0307. The number of phenolic OH excluding ortho intramolecular Hbond substituents is 1. The van der Waals surface area contributed by atoms with Crippen LogP contribution >= 0.6 is 0 Å². The van der Waals surface area contributed by atoms with E-state index < -0.39 is 18.5 Å². The third-order valence-corrected chi connectivity index (χ3v) is 3.96. The van der Waals surface area contributed by atoms with Crippen molar-refractivity contribution in [1.82, 2.24) is 5.32 Å². The average molecular weight is 353 g/mol. The van der Waals surface area contributed by atoms with Gasteiger partial charge in [0, 0.05) is 5.39 Å². The first-order valence-electron chi connectivity index (χ1n) is 8.18. The number of nitrogens with one attached hydrogen (secondary N) is 1. The fourth-order valence-corrected chi connectivity index (χ4v) is 2.59. The quantitative estimate of drug-likeness (QED) is 0.686. The van der Waals surface area contributed by atoms with Crippen LogP contribution < -0.4 is 5.32 Å². The molecule has 3 aromatic rings. The Labute approximate surface area is 150 Å². The molecule has 3 rings (SSSR count). The summed E-state index contributed by atoms with van der Waals surface area (Å²) in [6.45, 7) is 3.12. The van der Waals surface area contributed by atoms with Crippen molar-refractivity contribution in [2.24, 2.45) is 0 Å².